The van der Waals surface area contributed by atoms with Crippen molar-refractivity contribution in [3.05, 3.63) is 36.2 Å². The first kappa shape index (κ1) is 13.4. The van der Waals surface area contributed by atoms with Gasteiger partial charge in [0.25, 0.3) is 0 Å². The summed E-state index contributed by atoms with van der Waals surface area (Å²) >= 11 is 0. The van der Waals surface area contributed by atoms with E-state index in [2.05, 4.69) is 31.7 Å². The SMILES string of the molecule is CN(Cc1ccn[nH]1)Cc1cncn1C1CCCCC1. The third-order valence-electron chi connectivity index (χ3n) is 4.14. The van der Waals surface area contributed by atoms with Gasteiger partial charge in [-0.25, -0.2) is 4.98 Å². The van der Waals surface area contributed by atoms with Gasteiger partial charge >= 0.3 is 0 Å². The van der Waals surface area contributed by atoms with Gasteiger partial charge in [-0.05, 0) is 26.0 Å². The largest absolute Gasteiger partial charge is 0.330 e. The molecule has 0 saturated heterocycles. The number of nitrogens with one attached hydrogen (secondary N) is 1. The van der Waals surface area contributed by atoms with Crippen molar-refractivity contribution in [2.24, 2.45) is 0 Å². The van der Waals surface area contributed by atoms with Crippen molar-refractivity contribution < 1.29 is 0 Å². The second-order valence-electron chi connectivity index (χ2n) is 5.84. The molecule has 0 spiro atoms. The van der Waals surface area contributed by atoms with Crippen LogP contribution in [-0.4, -0.2) is 31.7 Å². The molecular formula is C15H23N5. The van der Waals surface area contributed by atoms with Crippen LogP contribution in [-0.2, 0) is 13.1 Å². The van der Waals surface area contributed by atoms with E-state index < -0.39 is 0 Å². The Hall–Kier alpha value is -1.62. The zero-order valence-corrected chi connectivity index (χ0v) is 12.1. The molecule has 2 heterocycles. The molecule has 3 rings (SSSR count). The molecule has 0 unspecified atom stereocenters. The quantitative estimate of drug-likeness (QED) is 0.911. The molecule has 0 aliphatic heterocycles. The van der Waals surface area contributed by atoms with Crippen LogP contribution in [0.5, 0.6) is 0 Å². The Bertz CT molecular complexity index is 510. The van der Waals surface area contributed by atoms with Crippen LogP contribution < -0.4 is 0 Å². The van der Waals surface area contributed by atoms with E-state index in [-0.39, 0.29) is 0 Å². The molecule has 0 bridgehead atoms. The average molecular weight is 273 g/mol. The Labute approximate surface area is 120 Å². The maximum absolute atomic E-state index is 4.36. The highest BCUT2D eigenvalue weighted by molar-refractivity contribution is 5.02. The first-order chi connectivity index (χ1) is 9.83. The number of H-pyrrole nitrogens is 1. The van der Waals surface area contributed by atoms with Gasteiger partial charge in [0.05, 0.1) is 12.0 Å². The summed E-state index contributed by atoms with van der Waals surface area (Å²) in [5.74, 6) is 0. The number of aromatic amines is 1. The Morgan fingerprint density at radius 1 is 1.30 bits per heavy atom. The van der Waals surface area contributed by atoms with Gasteiger partial charge < -0.3 is 4.57 Å². The summed E-state index contributed by atoms with van der Waals surface area (Å²) in [4.78, 5) is 6.66. The summed E-state index contributed by atoms with van der Waals surface area (Å²) in [5.41, 5.74) is 2.47. The van der Waals surface area contributed by atoms with E-state index in [0.29, 0.717) is 6.04 Å². The minimum absolute atomic E-state index is 0.654. The molecule has 1 aliphatic rings. The predicted octanol–water partition coefficient (Wildman–Crippen LogP) is 2.74. The van der Waals surface area contributed by atoms with Crippen LogP contribution in [0.1, 0.15) is 49.5 Å². The van der Waals surface area contributed by atoms with Crippen LogP contribution >= 0.6 is 0 Å². The van der Waals surface area contributed by atoms with Crippen LogP contribution in [0, 0.1) is 0 Å². The molecule has 5 nitrogen and oxygen atoms in total. The van der Waals surface area contributed by atoms with Gasteiger partial charge in [0.1, 0.15) is 0 Å². The van der Waals surface area contributed by atoms with Crippen molar-refractivity contribution in [1.82, 2.24) is 24.6 Å². The van der Waals surface area contributed by atoms with E-state index in [4.69, 9.17) is 0 Å². The molecule has 20 heavy (non-hydrogen) atoms. The van der Waals surface area contributed by atoms with Crippen molar-refractivity contribution >= 4 is 0 Å². The Morgan fingerprint density at radius 2 is 2.15 bits per heavy atom. The smallest absolute Gasteiger partial charge is 0.0951 e. The first-order valence-corrected chi connectivity index (χ1v) is 7.50. The molecule has 0 amide bonds. The first-order valence-electron chi connectivity index (χ1n) is 7.50. The molecule has 0 aromatic carbocycles. The van der Waals surface area contributed by atoms with Gasteiger partial charge in [0, 0.05) is 37.2 Å². The lowest BCUT2D eigenvalue weighted by Gasteiger charge is -2.26. The topological polar surface area (TPSA) is 49.7 Å². The third-order valence-corrected chi connectivity index (χ3v) is 4.14. The van der Waals surface area contributed by atoms with Gasteiger partial charge in [-0.1, -0.05) is 19.3 Å². The average Bonchev–Trinajstić information content (AvgIpc) is 3.11. The Kier molecular flexibility index (Phi) is 4.16. The number of hydrogen-bond donors (Lipinski definition) is 1. The zero-order valence-electron chi connectivity index (χ0n) is 12.1. The standard InChI is InChI=1S/C15H23N5/c1-19(10-13-7-8-17-18-13)11-15-9-16-12-20(15)14-5-3-2-4-6-14/h7-9,12,14H,2-6,10-11H2,1H3,(H,17,18). The fourth-order valence-corrected chi connectivity index (χ4v) is 3.14. The van der Waals surface area contributed by atoms with Crippen LogP contribution in [0.3, 0.4) is 0 Å². The van der Waals surface area contributed by atoms with Gasteiger partial charge in [-0.3, -0.25) is 10.00 Å². The van der Waals surface area contributed by atoms with Crippen LogP contribution in [0.4, 0.5) is 0 Å². The molecule has 0 radical (unpaired) electrons. The lowest BCUT2D eigenvalue weighted by atomic mass is 9.95. The molecule has 1 saturated carbocycles. The molecule has 5 heteroatoms. The Balaban J connectivity index is 1.63. The van der Waals surface area contributed by atoms with E-state index in [1.165, 1.54) is 37.8 Å². The Morgan fingerprint density at radius 3 is 2.90 bits per heavy atom. The highest BCUT2D eigenvalue weighted by Crippen LogP contribution is 2.29. The van der Waals surface area contributed by atoms with Gasteiger partial charge in [-0.2, -0.15) is 5.10 Å². The monoisotopic (exact) mass is 273 g/mol. The maximum atomic E-state index is 4.36. The van der Waals surface area contributed by atoms with Crippen LogP contribution in [0.15, 0.2) is 24.8 Å². The van der Waals surface area contributed by atoms with E-state index in [1.54, 1.807) is 6.20 Å². The summed E-state index contributed by atoms with van der Waals surface area (Å²) in [6.45, 7) is 1.81. The predicted molar refractivity (Wildman–Crippen MR) is 78.1 cm³/mol. The normalized spacial score (nSPS) is 16.9. The molecule has 0 atom stereocenters. The summed E-state index contributed by atoms with van der Waals surface area (Å²) in [6, 6.07) is 2.68. The van der Waals surface area contributed by atoms with E-state index >= 15 is 0 Å². The fourth-order valence-electron chi connectivity index (χ4n) is 3.14. The van der Waals surface area contributed by atoms with Crippen LogP contribution in [0.25, 0.3) is 0 Å². The minimum atomic E-state index is 0.654. The maximum Gasteiger partial charge on any atom is 0.0951 e. The molecule has 1 N–H and O–H groups in total. The number of nitrogens with zero attached hydrogens (tertiary/aromatic N) is 4. The van der Waals surface area contributed by atoms with Crippen molar-refractivity contribution in [1.29, 1.82) is 0 Å². The van der Waals surface area contributed by atoms with Gasteiger partial charge in [0.15, 0.2) is 0 Å². The minimum Gasteiger partial charge on any atom is -0.330 e. The second-order valence-corrected chi connectivity index (χ2v) is 5.84. The van der Waals surface area contributed by atoms with Crippen molar-refractivity contribution in [3.8, 4) is 0 Å². The van der Waals surface area contributed by atoms with E-state index in [9.17, 15) is 0 Å². The summed E-state index contributed by atoms with van der Waals surface area (Å²) in [7, 11) is 2.14. The lowest BCUT2D eigenvalue weighted by Crippen LogP contribution is -2.22. The van der Waals surface area contributed by atoms with Crippen molar-refractivity contribution in [2.75, 3.05) is 7.05 Å². The number of hydrogen-bond acceptors (Lipinski definition) is 3. The highest BCUT2D eigenvalue weighted by atomic mass is 15.2. The van der Waals surface area contributed by atoms with E-state index in [1.807, 2.05) is 18.6 Å². The van der Waals surface area contributed by atoms with E-state index in [0.717, 1.165) is 18.8 Å². The number of rotatable bonds is 5. The van der Waals surface area contributed by atoms with Gasteiger partial charge in [0.2, 0.25) is 0 Å². The van der Waals surface area contributed by atoms with Gasteiger partial charge in [-0.15, -0.1) is 0 Å². The van der Waals surface area contributed by atoms with Crippen molar-refractivity contribution in [3.63, 3.8) is 0 Å². The third kappa shape index (κ3) is 3.10. The molecule has 1 fully saturated rings. The van der Waals surface area contributed by atoms with Crippen molar-refractivity contribution in [2.45, 2.75) is 51.2 Å². The lowest BCUT2D eigenvalue weighted by molar-refractivity contribution is 0.288. The molecule has 1 aliphatic carbocycles. The number of imidazole rings is 1. The second kappa shape index (κ2) is 6.22. The molecule has 2 aromatic heterocycles. The molecular weight excluding hydrogens is 250 g/mol. The summed E-state index contributed by atoms with van der Waals surface area (Å²) < 4.78 is 2.39. The summed E-state index contributed by atoms with van der Waals surface area (Å²) in [5, 5.41) is 7.01. The molecule has 2 aromatic rings. The fraction of sp³-hybridized carbons (Fsp3) is 0.600. The zero-order chi connectivity index (χ0) is 13.8. The summed E-state index contributed by atoms with van der Waals surface area (Å²) in [6.07, 6.45) is 12.5. The molecule has 108 valence electrons. The number of aromatic nitrogens is 4. The van der Waals surface area contributed by atoms with Crippen LogP contribution in [0.2, 0.25) is 0 Å². The highest BCUT2D eigenvalue weighted by Gasteiger charge is 2.18.